The lowest BCUT2D eigenvalue weighted by molar-refractivity contribution is 0.277. The summed E-state index contributed by atoms with van der Waals surface area (Å²) in [7, 11) is -3.56. The van der Waals surface area contributed by atoms with Crippen LogP contribution in [0.5, 0.6) is 0 Å². The van der Waals surface area contributed by atoms with E-state index >= 15 is 0 Å². The van der Waals surface area contributed by atoms with Gasteiger partial charge in [0.1, 0.15) is 0 Å². The van der Waals surface area contributed by atoms with E-state index < -0.39 is 10.0 Å². The summed E-state index contributed by atoms with van der Waals surface area (Å²) in [6, 6.07) is 1.39. The fourth-order valence-electron chi connectivity index (χ4n) is 1.30. The first-order valence-corrected chi connectivity index (χ1v) is 6.35. The number of hydrogen-bond acceptors (Lipinski definition) is 4. The molecule has 0 bridgehead atoms. The zero-order valence-corrected chi connectivity index (χ0v) is 9.66. The average molecular weight is 256 g/mol. The molecular formula is C9H12N4O3S. The Morgan fingerprint density at radius 3 is 2.82 bits per heavy atom. The van der Waals surface area contributed by atoms with E-state index in [0.29, 0.717) is 5.69 Å². The second-order valence-electron chi connectivity index (χ2n) is 3.45. The minimum Gasteiger partial charge on any atom is -0.390 e. The third-order valence-electron chi connectivity index (χ3n) is 2.22. The molecule has 2 heterocycles. The maximum Gasteiger partial charge on any atom is 0.242 e. The summed E-state index contributed by atoms with van der Waals surface area (Å²) in [5.74, 6) is 0. The van der Waals surface area contributed by atoms with Crippen LogP contribution in [0.2, 0.25) is 0 Å². The predicted octanol–water partition coefficient (Wildman–Crippen LogP) is -0.291. The van der Waals surface area contributed by atoms with Crippen molar-refractivity contribution in [2.24, 2.45) is 0 Å². The third-order valence-corrected chi connectivity index (χ3v) is 3.60. The van der Waals surface area contributed by atoms with Gasteiger partial charge in [0.25, 0.3) is 0 Å². The van der Waals surface area contributed by atoms with Crippen LogP contribution < -0.4 is 4.72 Å². The number of H-pyrrole nitrogens is 2. The molecule has 0 fully saturated rings. The summed E-state index contributed by atoms with van der Waals surface area (Å²) < 4.78 is 26.1. The van der Waals surface area contributed by atoms with Gasteiger partial charge < -0.3 is 10.1 Å². The Morgan fingerprint density at radius 1 is 1.41 bits per heavy atom. The molecule has 0 amide bonds. The van der Waals surface area contributed by atoms with Crippen LogP contribution >= 0.6 is 0 Å². The van der Waals surface area contributed by atoms with E-state index in [1.807, 2.05) is 0 Å². The number of sulfonamides is 1. The molecule has 4 N–H and O–H groups in total. The van der Waals surface area contributed by atoms with Gasteiger partial charge in [-0.05, 0) is 6.07 Å². The van der Waals surface area contributed by atoms with Crippen LogP contribution in [0.1, 0.15) is 11.3 Å². The number of rotatable bonds is 5. The Kier molecular flexibility index (Phi) is 3.27. The summed E-state index contributed by atoms with van der Waals surface area (Å²) in [4.78, 5) is 2.77. The van der Waals surface area contributed by atoms with E-state index in [9.17, 15) is 8.42 Å². The minimum atomic E-state index is -3.56. The van der Waals surface area contributed by atoms with Crippen molar-refractivity contribution in [2.75, 3.05) is 0 Å². The first kappa shape index (κ1) is 11.8. The molecule has 8 heteroatoms. The number of nitrogens with zero attached hydrogens (tertiary/aromatic N) is 1. The van der Waals surface area contributed by atoms with Gasteiger partial charge in [0.15, 0.2) is 0 Å². The van der Waals surface area contributed by atoms with Crippen molar-refractivity contribution in [3.8, 4) is 0 Å². The van der Waals surface area contributed by atoms with E-state index in [4.69, 9.17) is 5.11 Å². The highest BCUT2D eigenvalue weighted by molar-refractivity contribution is 7.89. The van der Waals surface area contributed by atoms with Crippen molar-refractivity contribution in [3.05, 3.63) is 35.9 Å². The second kappa shape index (κ2) is 4.70. The fraction of sp³-hybridized carbons (Fsp3) is 0.222. The Balaban J connectivity index is 2.08. The number of aliphatic hydroxyl groups excluding tert-OH is 1. The van der Waals surface area contributed by atoms with E-state index in [1.165, 1.54) is 12.3 Å². The third kappa shape index (κ3) is 2.73. The van der Waals surface area contributed by atoms with Crippen LogP contribution in [0.3, 0.4) is 0 Å². The van der Waals surface area contributed by atoms with Gasteiger partial charge >= 0.3 is 0 Å². The normalized spacial score (nSPS) is 11.8. The monoisotopic (exact) mass is 256 g/mol. The second-order valence-corrected chi connectivity index (χ2v) is 5.22. The molecule has 0 atom stereocenters. The van der Waals surface area contributed by atoms with Gasteiger partial charge in [-0.15, -0.1) is 0 Å². The Labute approximate surface area is 97.9 Å². The Morgan fingerprint density at radius 2 is 2.24 bits per heavy atom. The number of aliphatic hydroxyl groups is 1. The van der Waals surface area contributed by atoms with Crippen LogP contribution in [-0.2, 0) is 23.2 Å². The van der Waals surface area contributed by atoms with Crippen LogP contribution in [0, 0.1) is 0 Å². The number of aromatic amines is 2. The highest BCUT2D eigenvalue weighted by Crippen LogP contribution is 2.11. The van der Waals surface area contributed by atoms with E-state index in [1.54, 1.807) is 12.4 Å². The van der Waals surface area contributed by atoms with E-state index in [0.717, 1.165) is 5.56 Å². The molecule has 7 nitrogen and oxygen atoms in total. The molecule has 0 aliphatic heterocycles. The molecule has 2 aromatic heterocycles. The summed E-state index contributed by atoms with van der Waals surface area (Å²) >= 11 is 0. The molecule has 0 saturated carbocycles. The van der Waals surface area contributed by atoms with Crippen LogP contribution in [-0.4, -0.2) is 28.7 Å². The van der Waals surface area contributed by atoms with Crippen LogP contribution in [0.25, 0.3) is 0 Å². The van der Waals surface area contributed by atoms with Crippen molar-refractivity contribution in [1.29, 1.82) is 0 Å². The molecule has 2 aromatic rings. The quantitative estimate of drug-likeness (QED) is 0.589. The van der Waals surface area contributed by atoms with E-state index in [-0.39, 0.29) is 18.0 Å². The molecular weight excluding hydrogens is 244 g/mol. The van der Waals surface area contributed by atoms with Crippen molar-refractivity contribution in [3.63, 3.8) is 0 Å². The summed E-state index contributed by atoms with van der Waals surface area (Å²) in [5, 5.41) is 15.1. The first-order valence-electron chi connectivity index (χ1n) is 4.87. The lowest BCUT2D eigenvalue weighted by atomic mass is 10.4. The Bertz CT molecular complexity index is 573. The Hall–Kier alpha value is -1.64. The van der Waals surface area contributed by atoms with Gasteiger partial charge in [0, 0.05) is 30.2 Å². The molecule has 0 spiro atoms. The topological polar surface area (TPSA) is 111 Å². The molecule has 0 aliphatic carbocycles. The highest BCUT2D eigenvalue weighted by Gasteiger charge is 2.15. The molecule has 0 saturated heterocycles. The molecule has 0 aliphatic rings. The lowest BCUT2D eigenvalue weighted by Gasteiger charge is -2.02. The smallest absolute Gasteiger partial charge is 0.242 e. The minimum absolute atomic E-state index is 0.102. The van der Waals surface area contributed by atoms with Gasteiger partial charge in [-0.25, -0.2) is 13.1 Å². The number of nitrogens with one attached hydrogen (secondary N) is 3. The summed E-state index contributed by atoms with van der Waals surface area (Å²) in [5.41, 5.74) is 1.19. The SMILES string of the molecule is O=S(=O)(NCc1cn[nH]c1)c1c[nH]c(CO)c1. The lowest BCUT2D eigenvalue weighted by Crippen LogP contribution is -2.22. The van der Waals surface area contributed by atoms with Gasteiger partial charge in [-0.2, -0.15) is 5.10 Å². The zero-order chi connectivity index (χ0) is 12.3. The highest BCUT2D eigenvalue weighted by atomic mass is 32.2. The molecule has 0 radical (unpaired) electrons. The van der Waals surface area contributed by atoms with Crippen LogP contribution in [0.15, 0.2) is 29.6 Å². The maximum atomic E-state index is 11.8. The fourth-order valence-corrected chi connectivity index (χ4v) is 2.34. The summed E-state index contributed by atoms with van der Waals surface area (Å²) in [6.45, 7) is -0.0598. The average Bonchev–Trinajstić information content (AvgIpc) is 2.98. The standard InChI is InChI=1S/C9H12N4O3S/c14-6-8-1-9(5-10-8)17(15,16)13-4-7-2-11-12-3-7/h1-3,5,10,13-14H,4,6H2,(H,11,12). The number of hydrogen-bond donors (Lipinski definition) is 4. The molecule has 2 rings (SSSR count). The van der Waals surface area contributed by atoms with E-state index in [2.05, 4.69) is 19.9 Å². The van der Waals surface area contributed by atoms with Crippen molar-refractivity contribution in [2.45, 2.75) is 18.0 Å². The molecule has 0 unspecified atom stereocenters. The van der Waals surface area contributed by atoms with Crippen LogP contribution in [0.4, 0.5) is 0 Å². The first-order chi connectivity index (χ1) is 8.12. The van der Waals surface area contributed by atoms with Crippen molar-refractivity contribution < 1.29 is 13.5 Å². The van der Waals surface area contributed by atoms with Crippen molar-refractivity contribution >= 4 is 10.0 Å². The van der Waals surface area contributed by atoms with Crippen molar-refractivity contribution in [1.82, 2.24) is 19.9 Å². The van der Waals surface area contributed by atoms with Gasteiger partial charge in [-0.3, -0.25) is 5.10 Å². The molecule has 0 aromatic carbocycles. The molecule has 92 valence electrons. The van der Waals surface area contributed by atoms with Gasteiger partial charge in [0.2, 0.25) is 10.0 Å². The van der Waals surface area contributed by atoms with Gasteiger partial charge in [-0.1, -0.05) is 0 Å². The van der Waals surface area contributed by atoms with Gasteiger partial charge in [0.05, 0.1) is 17.7 Å². The molecule has 17 heavy (non-hydrogen) atoms. The zero-order valence-electron chi connectivity index (χ0n) is 8.84. The summed E-state index contributed by atoms with van der Waals surface area (Å²) in [6.07, 6.45) is 4.49. The largest absolute Gasteiger partial charge is 0.390 e. The predicted molar refractivity (Wildman–Crippen MR) is 59.3 cm³/mol. The number of aromatic nitrogens is 3. The maximum absolute atomic E-state index is 11.8.